The molecule has 148 valence electrons. The molecule has 4 rings (SSSR count). The van der Waals surface area contributed by atoms with E-state index in [9.17, 15) is 9.59 Å². The van der Waals surface area contributed by atoms with Gasteiger partial charge in [0.05, 0.1) is 16.0 Å². The highest BCUT2D eigenvalue weighted by Gasteiger charge is 2.36. The summed E-state index contributed by atoms with van der Waals surface area (Å²) in [5.74, 6) is 2.56. The van der Waals surface area contributed by atoms with Crippen molar-refractivity contribution in [2.75, 3.05) is 24.6 Å². The first-order valence-electron chi connectivity index (χ1n) is 9.60. The van der Waals surface area contributed by atoms with Crippen molar-refractivity contribution >= 4 is 50.4 Å². The lowest BCUT2D eigenvalue weighted by Crippen LogP contribution is -2.42. The van der Waals surface area contributed by atoms with E-state index < -0.39 is 0 Å². The van der Waals surface area contributed by atoms with Gasteiger partial charge in [-0.1, -0.05) is 6.92 Å². The summed E-state index contributed by atoms with van der Waals surface area (Å²) < 4.78 is 0.760. The smallest absolute Gasteiger partial charge is 0.270 e. The van der Waals surface area contributed by atoms with Crippen LogP contribution in [0.5, 0.6) is 0 Å². The summed E-state index contributed by atoms with van der Waals surface area (Å²) in [5, 5.41) is 3.96. The second kappa shape index (κ2) is 8.37. The average Bonchev–Trinajstić information content (AvgIpc) is 3.08. The molecule has 2 aliphatic heterocycles. The van der Waals surface area contributed by atoms with Gasteiger partial charge in [-0.2, -0.15) is 11.8 Å². The van der Waals surface area contributed by atoms with Crippen LogP contribution in [-0.4, -0.2) is 57.3 Å². The van der Waals surface area contributed by atoms with E-state index in [1.165, 1.54) is 0 Å². The van der Waals surface area contributed by atoms with Crippen LogP contribution in [0.4, 0.5) is 0 Å². The lowest BCUT2D eigenvalue weighted by molar-refractivity contribution is -0.134. The van der Waals surface area contributed by atoms with Gasteiger partial charge in [-0.15, -0.1) is 0 Å². The topological polar surface area (TPSA) is 75.2 Å². The van der Waals surface area contributed by atoms with Crippen LogP contribution in [0.15, 0.2) is 29.0 Å². The fourth-order valence-electron chi connectivity index (χ4n) is 3.92. The zero-order chi connectivity index (χ0) is 19.7. The van der Waals surface area contributed by atoms with E-state index in [1.807, 2.05) is 22.7 Å². The van der Waals surface area contributed by atoms with Gasteiger partial charge in [0.15, 0.2) is 0 Å². The van der Waals surface area contributed by atoms with Crippen LogP contribution < -0.4 is 5.32 Å². The van der Waals surface area contributed by atoms with Crippen molar-refractivity contribution in [3.05, 3.63) is 34.7 Å². The molecule has 0 radical (unpaired) electrons. The Morgan fingerprint density at radius 2 is 2.00 bits per heavy atom. The lowest BCUT2D eigenvalue weighted by atomic mass is 10.0. The minimum Gasteiger partial charge on any atom is -0.346 e. The number of fused-ring (bicyclic) bond motifs is 1. The Kier molecular flexibility index (Phi) is 5.87. The molecule has 2 fully saturated rings. The number of hydrogen-bond acceptors (Lipinski definition) is 5. The third kappa shape index (κ3) is 4.03. The van der Waals surface area contributed by atoms with Crippen molar-refractivity contribution in [3.63, 3.8) is 0 Å². The van der Waals surface area contributed by atoms with Gasteiger partial charge in [-0.3, -0.25) is 14.6 Å². The summed E-state index contributed by atoms with van der Waals surface area (Å²) >= 11 is 5.36. The van der Waals surface area contributed by atoms with Crippen LogP contribution in [0, 0.1) is 11.8 Å². The molecule has 0 spiro atoms. The van der Waals surface area contributed by atoms with Gasteiger partial charge in [-0.05, 0) is 58.3 Å². The van der Waals surface area contributed by atoms with Crippen LogP contribution in [0.1, 0.15) is 30.3 Å². The molecule has 2 aliphatic rings. The highest BCUT2D eigenvalue weighted by Crippen LogP contribution is 2.27. The van der Waals surface area contributed by atoms with Gasteiger partial charge in [-0.25, -0.2) is 4.98 Å². The minimum absolute atomic E-state index is 0.0483. The van der Waals surface area contributed by atoms with Crippen LogP contribution in [0.2, 0.25) is 0 Å². The fraction of sp³-hybridized carbons (Fsp3) is 0.500. The second-order valence-electron chi connectivity index (χ2n) is 7.58. The third-order valence-electron chi connectivity index (χ3n) is 5.60. The van der Waals surface area contributed by atoms with Crippen LogP contribution in [0.3, 0.4) is 0 Å². The molecule has 2 aromatic heterocycles. The summed E-state index contributed by atoms with van der Waals surface area (Å²) in [4.78, 5) is 36.1. The minimum atomic E-state index is -0.203. The number of nitrogens with zero attached hydrogens (tertiary/aromatic N) is 3. The van der Waals surface area contributed by atoms with Crippen LogP contribution in [-0.2, 0) is 4.79 Å². The van der Waals surface area contributed by atoms with E-state index >= 15 is 0 Å². The standard InChI is InChI=1S/C20H23BrN4O2S/c1-12-10-25(20(27)13-4-6-28-7-5-13)11-17(12)24-19(26)16-3-2-14-8-22-9-15(21)18(14)23-16/h2-3,8-9,12-13,17H,4-7,10-11H2,1H3,(H,24,26)/t12-,17+/m1/s1. The molecule has 2 atom stereocenters. The zero-order valence-electron chi connectivity index (χ0n) is 15.7. The molecule has 0 aliphatic carbocycles. The summed E-state index contributed by atoms with van der Waals surface area (Å²) in [6.45, 7) is 3.37. The molecular formula is C20H23BrN4O2S. The van der Waals surface area contributed by atoms with Crippen molar-refractivity contribution in [2.45, 2.75) is 25.8 Å². The number of carbonyl (C=O) groups is 2. The number of thioether (sulfide) groups is 1. The Balaban J connectivity index is 1.43. The molecule has 8 heteroatoms. The number of pyridine rings is 2. The van der Waals surface area contributed by atoms with Crippen molar-refractivity contribution in [1.82, 2.24) is 20.2 Å². The first-order chi connectivity index (χ1) is 13.5. The maximum atomic E-state index is 12.8. The SMILES string of the molecule is C[C@@H]1CN(C(=O)C2CCSCC2)C[C@@H]1NC(=O)c1ccc2cncc(Br)c2n1. The molecule has 6 nitrogen and oxygen atoms in total. The normalized spacial score (nSPS) is 23.1. The largest absolute Gasteiger partial charge is 0.346 e. The number of amides is 2. The van der Waals surface area contributed by atoms with E-state index in [0.717, 1.165) is 34.2 Å². The van der Waals surface area contributed by atoms with Crippen molar-refractivity contribution in [3.8, 4) is 0 Å². The molecule has 2 aromatic rings. The quantitative estimate of drug-likeness (QED) is 0.757. The molecule has 0 bridgehead atoms. The van der Waals surface area contributed by atoms with E-state index in [2.05, 4.69) is 38.1 Å². The molecular weight excluding hydrogens is 440 g/mol. The predicted octanol–water partition coefficient (Wildman–Crippen LogP) is 3.11. The van der Waals surface area contributed by atoms with Crippen molar-refractivity contribution in [1.29, 1.82) is 0 Å². The Morgan fingerprint density at radius 1 is 1.21 bits per heavy atom. The van der Waals surface area contributed by atoms with E-state index in [4.69, 9.17) is 0 Å². The van der Waals surface area contributed by atoms with Gasteiger partial charge in [0, 0.05) is 36.8 Å². The maximum Gasteiger partial charge on any atom is 0.270 e. The van der Waals surface area contributed by atoms with E-state index in [-0.39, 0.29) is 29.7 Å². The van der Waals surface area contributed by atoms with Crippen LogP contribution >= 0.6 is 27.7 Å². The van der Waals surface area contributed by atoms with Gasteiger partial charge >= 0.3 is 0 Å². The van der Waals surface area contributed by atoms with Gasteiger partial charge < -0.3 is 10.2 Å². The van der Waals surface area contributed by atoms with Crippen molar-refractivity contribution in [2.24, 2.45) is 11.8 Å². The summed E-state index contributed by atoms with van der Waals surface area (Å²) in [7, 11) is 0. The van der Waals surface area contributed by atoms with E-state index in [1.54, 1.807) is 18.5 Å². The zero-order valence-corrected chi connectivity index (χ0v) is 18.1. The molecule has 2 amide bonds. The highest BCUT2D eigenvalue weighted by molar-refractivity contribution is 9.10. The summed E-state index contributed by atoms with van der Waals surface area (Å²) in [5.41, 5.74) is 1.09. The summed E-state index contributed by atoms with van der Waals surface area (Å²) in [6.07, 6.45) is 5.33. The highest BCUT2D eigenvalue weighted by atomic mass is 79.9. The van der Waals surface area contributed by atoms with Crippen molar-refractivity contribution < 1.29 is 9.59 Å². The fourth-order valence-corrected chi connectivity index (χ4v) is 5.46. The number of halogens is 1. The van der Waals surface area contributed by atoms with Gasteiger partial charge in [0.2, 0.25) is 5.91 Å². The number of aromatic nitrogens is 2. The Labute approximate surface area is 177 Å². The molecule has 0 saturated carbocycles. The molecule has 0 unspecified atom stereocenters. The molecule has 1 N–H and O–H groups in total. The number of nitrogens with one attached hydrogen (secondary N) is 1. The number of carbonyl (C=O) groups excluding carboxylic acids is 2. The molecule has 4 heterocycles. The molecule has 28 heavy (non-hydrogen) atoms. The number of hydrogen-bond donors (Lipinski definition) is 1. The predicted molar refractivity (Wildman–Crippen MR) is 114 cm³/mol. The average molecular weight is 463 g/mol. The maximum absolute atomic E-state index is 12.8. The monoisotopic (exact) mass is 462 g/mol. The Morgan fingerprint density at radius 3 is 2.79 bits per heavy atom. The second-order valence-corrected chi connectivity index (χ2v) is 9.66. The summed E-state index contributed by atoms with van der Waals surface area (Å²) in [6, 6.07) is 3.52. The van der Waals surface area contributed by atoms with Crippen LogP contribution in [0.25, 0.3) is 10.9 Å². The first kappa shape index (κ1) is 19.6. The lowest BCUT2D eigenvalue weighted by Gasteiger charge is -2.26. The first-order valence-corrected chi connectivity index (χ1v) is 11.6. The molecule has 2 saturated heterocycles. The Bertz CT molecular complexity index is 903. The Hall–Kier alpha value is -1.67. The van der Waals surface area contributed by atoms with Gasteiger partial charge in [0.1, 0.15) is 5.69 Å². The third-order valence-corrected chi connectivity index (χ3v) is 7.23. The van der Waals surface area contributed by atoms with Gasteiger partial charge in [0.25, 0.3) is 5.91 Å². The number of likely N-dealkylation sites (tertiary alicyclic amines) is 1. The number of rotatable bonds is 3. The van der Waals surface area contributed by atoms with E-state index in [0.29, 0.717) is 24.3 Å². The molecule has 0 aromatic carbocycles.